The van der Waals surface area contributed by atoms with Crippen LogP contribution in [0.1, 0.15) is 63.7 Å². The second-order valence-electron chi connectivity index (χ2n) is 8.09. The van der Waals surface area contributed by atoms with Crippen LogP contribution in [0.5, 0.6) is 5.75 Å². The third-order valence-electron chi connectivity index (χ3n) is 5.84. The second kappa shape index (κ2) is 8.70. The van der Waals surface area contributed by atoms with Crippen LogP contribution >= 0.6 is 0 Å². The fraction of sp³-hybridized carbons (Fsp3) is 0.308. The van der Waals surface area contributed by atoms with Crippen LogP contribution in [0.4, 0.5) is 0 Å². The summed E-state index contributed by atoms with van der Waals surface area (Å²) in [5, 5.41) is 0. The highest BCUT2D eigenvalue weighted by atomic mass is 16.5. The van der Waals surface area contributed by atoms with Gasteiger partial charge in [-0.2, -0.15) is 0 Å². The molecule has 4 rings (SSSR count). The van der Waals surface area contributed by atoms with Gasteiger partial charge in [-0.1, -0.05) is 30.3 Å². The maximum atomic E-state index is 12.8. The Kier molecular flexibility index (Phi) is 5.84. The van der Waals surface area contributed by atoms with Gasteiger partial charge >= 0.3 is 0 Å². The molecule has 0 bridgehead atoms. The summed E-state index contributed by atoms with van der Waals surface area (Å²) < 4.78 is 6.20. The minimum atomic E-state index is -0.0911. The quantitative estimate of drug-likeness (QED) is 0.573. The number of Topliss-reactive ketones (excluding diaryl/α,β-unsaturated/α-hetero) is 1. The van der Waals surface area contributed by atoms with E-state index in [1.165, 1.54) is 11.1 Å². The van der Waals surface area contributed by atoms with Gasteiger partial charge in [0.2, 0.25) is 0 Å². The van der Waals surface area contributed by atoms with Gasteiger partial charge in [0.1, 0.15) is 11.9 Å². The number of aromatic amines is 1. The summed E-state index contributed by atoms with van der Waals surface area (Å²) in [5.74, 6) is 0.942. The summed E-state index contributed by atoms with van der Waals surface area (Å²) in [6.07, 6.45) is 3.79. The number of carbonyl (C=O) groups is 1. The fourth-order valence-electron chi connectivity index (χ4n) is 4.30. The summed E-state index contributed by atoms with van der Waals surface area (Å²) in [7, 11) is 0. The van der Waals surface area contributed by atoms with Crippen molar-refractivity contribution in [3.05, 3.63) is 98.5 Å². The van der Waals surface area contributed by atoms with Crippen molar-refractivity contribution >= 4 is 5.78 Å². The number of fused-ring (bicyclic) bond motifs is 1. The molecule has 0 spiro atoms. The van der Waals surface area contributed by atoms with Gasteiger partial charge in [-0.3, -0.25) is 9.59 Å². The Labute approximate surface area is 176 Å². The van der Waals surface area contributed by atoms with Crippen LogP contribution in [0.15, 0.2) is 59.4 Å². The maximum Gasteiger partial charge on any atom is 0.251 e. The van der Waals surface area contributed by atoms with Gasteiger partial charge in [-0.05, 0) is 80.5 Å². The Bertz CT molecular complexity index is 1110. The van der Waals surface area contributed by atoms with E-state index in [0.29, 0.717) is 18.4 Å². The molecule has 3 aromatic rings. The number of nitrogens with one attached hydrogen (secondary N) is 1. The van der Waals surface area contributed by atoms with Crippen LogP contribution < -0.4 is 10.3 Å². The molecule has 1 atom stereocenters. The molecule has 0 aliphatic heterocycles. The maximum absolute atomic E-state index is 12.8. The van der Waals surface area contributed by atoms with Crippen LogP contribution in [-0.2, 0) is 12.8 Å². The molecule has 1 aliphatic carbocycles. The summed E-state index contributed by atoms with van der Waals surface area (Å²) in [4.78, 5) is 27.9. The predicted molar refractivity (Wildman–Crippen MR) is 118 cm³/mol. The zero-order chi connectivity index (χ0) is 21.1. The molecule has 30 heavy (non-hydrogen) atoms. The van der Waals surface area contributed by atoms with Crippen LogP contribution in [0, 0.1) is 13.8 Å². The van der Waals surface area contributed by atoms with Crippen molar-refractivity contribution in [2.24, 2.45) is 0 Å². The van der Waals surface area contributed by atoms with E-state index in [9.17, 15) is 9.59 Å². The van der Waals surface area contributed by atoms with Crippen molar-refractivity contribution in [2.75, 3.05) is 0 Å². The van der Waals surface area contributed by atoms with Crippen LogP contribution in [0.3, 0.4) is 0 Å². The second-order valence-corrected chi connectivity index (χ2v) is 8.09. The first-order valence-electron chi connectivity index (χ1n) is 10.6. The summed E-state index contributed by atoms with van der Waals surface area (Å²) >= 11 is 0. The van der Waals surface area contributed by atoms with Crippen LogP contribution in [0.25, 0.3) is 0 Å². The molecule has 0 radical (unpaired) electrons. The number of ether oxygens (including phenoxy) is 1. The van der Waals surface area contributed by atoms with Crippen molar-refractivity contribution in [2.45, 2.75) is 52.1 Å². The number of aromatic nitrogens is 1. The van der Waals surface area contributed by atoms with Gasteiger partial charge < -0.3 is 9.72 Å². The monoisotopic (exact) mass is 401 g/mol. The number of ketones is 1. The largest absolute Gasteiger partial charge is 0.486 e. The van der Waals surface area contributed by atoms with Crippen molar-refractivity contribution in [3.63, 3.8) is 0 Å². The fourth-order valence-corrected chi connectivity index (χ4v) is 4.30. The van der Waals surface area contributed by atoms with Crippen molar-refractivity contribution < 1.29 is 9.53 Å². The topological polar surface area (TPSA) is 59.2 Å². The van der Waals surface area contributed by atoms with E-state index in [1.807, 2.05) is 68.4 Å². The summed E-state index contributed by atoms with van der Waals surface area (Å²) in [6.45, 7) is 3.79. The van der Waals surface area contributed by atoms with E-state index in [4.69, 9.17) is 4.74 Å². The first kappa shape index (κ1) is 20.1. The minimum Gasteiger partial charge on any atom is -0.486 e. The van der Waals surface area contributed by atoms with Gasteiger partial charge in [0.15, 0.2) is 5.78 Å². The van der Waals surface area contributed by atoms with Crippen molar-refractivity contribution in [1.82, 2.24) is 4.98 Å². The highest BCUT2D eigenvalue weighted by Crippen LogP contribution is 2.34. The molecule has 1 aromatic heterocycles. The molecule has 0 amide bonds. The number of benzene rings is 2. The number of H-pyrrole nitrogens is 1. The highest BCUT2D eigenvalue weighted by Gasteiger charge is 2.23. The van der Waals surface area contributed by atoms with E-state index in [-0.39, 0.29) is 17.4 Å². The molecule has 0 saturated heterocycles. The molecule has 0 saturated carbocycles. The Balaban J connectivity index is 1.48. The number of hydrogen-bond donors (Lipinski definition) is 1. The lowest BCUT2D eigenvalue weighted by Crippen LogP contribution is -2.18. The first-order chi connectivity index (χ1) is 14.5. The standard InChI is InChI=1S/C26H27NO3/c1-17-15-18(2)27-26(29)22(17)13-14-24(28)20-11-12-23-19(16-20)7-6-10-25(23)30-21-8-4-3-5-9-21/h3-5,8-9,11-12,15-16,25H,6-7,10,13-14H2,1-2H3,(H,27,29). The van der Waals surface area contributed by atoms with Crippen molar-refractivity contribution in [1.29, 1.82) is 0 Å². The molecule has 1 unspecified atom stereocenters. The average Bonchev–Trinajstić information content (AvgIpc) is 2.73. The van der Waals surface area contributed by atoms with E-state index >= 15 is 0 Å². The van der Waals surface area contributed by atoms with E-state index in [2.05, 4.69) is 4.98 Å². The molecule has 2 aromatic carbocycles. The Morgan fingerprint density at radius 1 is 1.10 bits per heavy atom. The normalized spacial score (nSPS) is 15.5. The molecule has 4 nitrogen and oxygen atoms in total. The number of hydrogen-bond acceptors (Lipinski definition) is 3. The lowest BCUT2D eigenvalue weighted by atomic mass is 9.87. The SMILES string of the molecule is Cc1cc(C)c(CCC(=O)c2ccc3c(c2)CCCC3Oc2ccccc2)c(=O)[nH]1. The van der Waals surface area contributed by atoms with Gasteiger partial charge in [0.05, 0.1) is 0 Å². The molecular formula is C26H27NO3. The van der Waals surface area contributed by atoms with Gasteiger partial charge in [-0.25, -0.2) is 0 Å². The number of rotatable bonds is 6. The number of pyridine rings is 1. The number of aryl methyl sites for hydroxylation is 3. The molecule has 1 N–H and O–H groups in total. The zero-order valence-electron chi connectivity index (χ0n) is 17.5. The molecule has 4 heteroatoms. The third kappa shape index (κ3) is 4.38. The van der Waals surface area contributed by atoms with E-state index < -0.39 is 0 Å². The number of carbonyl (C=O) groups excluding carboxylic acids is 1. The molecule has 154 valence electrons. The molecule has 0 fully saturated rings. The van der Waals surface area contributed by atoms with E-state index in [0.717, 1.165) is 41.8 Å². The third-order valence-corrected chi connectivity index (χ3v) is 5.84. The Morgan fingerprint density at radius 2 is 1.90 bits per heavy atom. The lowest BCUT2D eigenvalue weighted by molar-refractivity contribution is 0.0982. The number of para-hydroxylation sites is 1. The summed E-state index contributed by atoms with van der Waals surface area (Å²) in [6, 6.07) is 17.8. The molecule has 1 heterocycles. The smallest absolute Gasteiger partial charge is 0.251 e. The Morgan fingerprint density at radius 3 is 2.67 bits per heavy atom. The minimum absolute atomic E-state index is 0.0223. The summed E-state index contributed by atoms with van der Waals surface area (Å²) in [5.41, 5.74) is 5.47. The highest BCUT2D eigenvalue weighted by molar-refractivity contribution is 5.96. The van der Waals surface area contributed by atoms with Gasteiger partial charge in [0.25, 0.3) is 5.56 Å². The lowest BCUT2D eigenvalue weighted by Gasteiger charge is -2.26. The van der Waals surface area contributed by atoms with Crippen LogP contribution in [0.2, 0.25) is 0 Å². The average molecular weight is 402 g/mol. The van der Waals surface area contributed by atoms with Crippen LogP contribution in [-0.4, -0.2) is 10.8 Å². The van der Waals surface area contributed by atoms with Gasteiger partial charge in [-0.15, -0.1) is 0 Å². The van der Waals surface area contributed by atoms with Gasteiger partial charge in [0, 0.05) is 23.2 Å². The van der Waals surface area contributed by atoms with Crippen molar-refractivity contribution in [3.8, 4) is 5.75 Å². The predicted octanol–water partition coefficient (Wildman–Crippen LogP) is 5.26. The Hall–Kier alpha value is -3.14. The molecule has 1 aliphatic rings. The zero-order valence-corrected chi connectivity index (χ0v) is 17.5. The van der Waals surface area contributed by atoms with E-state index in [1.54, 1.807) is 0 Å². The molecular weight excluding hydrogens is 374 g/mol. The first-order valence-corrected chi connectivity index (χ1v) is 10.6.